The van der Waals surface area contributed by atoms with Gasteiger partial charge in [0.25, 0.3) is 0 Å². The minimum absolute atomic E-state index is 0.0376. The van der Waals surface area contributed by atoms with E-state index in [0.717, 1.165) is 8.79 Å². The van der Waals surface area contributed by atoms with Gasteiger partial charge in [0.2, 0.25) is 0 Å². The number of rotatable bonds is 5. The summed E-state index contributed by atoms with van der Waals surface area (Å²) in [6.07, 6.45) is 1.74. The molecule has 1 unspecified atom stereocenters. The highest BCUT2D eigenvalue weighted by Crippen LogP contribution is 2.24. The lowest BCUT2D eigenvalue weighted by atomic mass is 10.2. The van der Waals surface area contributed by atoms with Crippen LogP contribution in [0.5, 0.6) is 0 Å². The molecule has 1 heterocycles. The fourth-order valence-corrected chi connectivity index (χ4v) is 2.31. The fraction of sp³-hybridized carbons (Fsp3) is 0.625. The van der Waals surface area contributed by atoms with E-state index in [1.807, 2.05) is 6.92 Å². The van der Waals surface area contributed by atoms with E-state index in [-0.39, 0.29) is 25.3 Å². The molecule has 3 N–H and O–H groups in total. The lowest BCUT2D eigenvalue weighted by Crippen LogP contribution is -2.37. The Bertz CT molecular complexity index is 278. The van der Waals surface area contributed by atoms with Crippen molar-refractivity contribution in [3.8, 4) is 0 Å². The molecular formula is C8H13BrN2O2S. The van der Waals surface area contributed by atoms with Crippen molar-refractivity contribution in [3.63, 3.8) is 0 Å². The third-order valence-corrected chi connectivity index (χ3v) is 3.45. The van der Waals surface area contributed by atoms with Gasteiger partial charge in [0, 0.05) is 0 Å². The molecule has 1 aromatic heterocycles. The molecule has 0 amide bonds. The highest BCUT2D eigenvalue weighted by molar-refractivity contribution is 9.11. The Morgan fingerprint density at radius 3 is 2.64 bits per heavy atom. The van der Waals surface area contributed by atoms with Crippen LogP contribution in [0.2, 0.25) is 0 Å². The van der Waals surface area contributed by atoms with Crippen LogP contribution in [-0.4, -0.2) is 34.5 Å². The van der Waals surface area contributed by atoms with Crippen molar-refractivity contribution in [2.75, 3.05) is 13.2 Å². The van der Waals surface area contributed by atoms with E-state index >= 15 is 0 Å². The van der Waals surface area contributed by atoms with Gasteiger partial charge in [0.15, 0.2) is 0 Å². The summed E-state index contributed by atoms with van der Waals surface area (Å²) in [5.41, 5.74) is 0. The minimum Gasteiger partial charge on any atom is -0.395 e. The largest absolute Gasteiger partial charge is 0.395 e. The van der Waals surface area contributed by atoms with Crippen LogP contribution in [0.3, 0.4) is 0 Å². The average Bonchev–Trinajstić information content (AvgIpc) is 2.61. The quantitative estimate of drug-likeness (QED) is 0.750. The van der Waals surface area contributed by atoms with Crippen LogP contribution in [-0.2, 0) is 0 Å². The van der Waals surface area contributed by atoms with E-state index in [0.29, 0.717) is 0 Å². The first-order chi connectivity index (χ1) is 6.67. The number of thiazole rings is 1. The van der Waals surface area contributed by atoms with Gasteiger partial charge in [-0.05, 0) is 22.9 Å². The van der Waals surface area contributed by atoms with Crippen molar-refractivity contribution in [1.82, 2.24) is 10.3 Å². The Kier molecular flexibility index (Phi) is 4.97. The van der Waals surface area contributed by atoms with E-state index in [2.05, 4.69) is 26.2 Å². The molecule has 0 aromatic carbocycles. The lowest BCUT2D eigenvalue weighted by Gasteiger charge is -2.17. The van der Waals surface area contributed by atoms with E-state index in [4.69, 9.17) is 10.2 Å². The Morgan fingerprint density at radius 1 is 1.57 bits per heavy atom. The van der Waals surface area contributed by atoms with Crippen LogP contribution in [0.4, 0.5) is 0 Å². The Morgan fingerprint density at radius 2 is 2.21 bits per heavy atom. The Hall–Kier alpha value is -0.0100. The molecule has 0 fully saturated rings. The highest BCUT2D eigenvalue weighted by atomic mass is 79.9. The van der Waals surface area contributed by atoms with E-state index in [1.54, 1.807) is 6.20 Å². The van der Waals surface area contributed by atoms with Gasteiger partial charge in [-0.1, -0.05) is 0 Å². The molecule has 0 aliphatic heterocycles. The number of nitrogens with one attached hydrogen (secondary N) is 1. The molecule has 80 valence electrons. The number of hydrogen-bond donors (Lipinski definition) is 3. The SMILES string of the molecule is CC(NC(CO)CO)c1ncc(Br)s1. The standard InChI is InChI=1S/C8H13BrN2O2S/c1-5(11-6(3-12)4-13)8-10-2-7(9)14-8/h2,5-6,11-13H,3-4H2,1H3. The smallest absolute Gasteiger partial charge is 0.110 e. The van der Waals surface area contributed by atoms with Crippen LogP contribution in [0, 0.1) is 0 Å². The predicted molar refractivity (Wildman–Crippen MR) is 59.3 cm³/mol. The predicted octanol–water partition coefficient (Wildman–Crippen LogP) is 0.909. The summed E-state index contributed by atoms with van der Waals surface area (Å²) in [6, 6.07) is -0.247. The monoisotopic (exact) mass is 280 g/mol. The average molecular weight is 281 g/mol. The van der Waals surface area contributed by atoms with Crippen LogP contribution < -0.4 is 5.32 Å². The molecule has 0 radical (unpaired) electrons. The third kappa shape index (κ3) is 3.29. The van der Waals surface area contributed by atoms with Gasteiger partial charge < -0.3 is 15.5 Å². The molecule has 1 aromatic rings. The molecule has 4 nitrogen and oxygen atoms in total. The highest BCUT2D eigenvalue weighted by Gasteiger charge is 2.14. The van der Waals surface area contributed by atoms with Gasteiger partial charge in [-0.25, -0.2) is 4.98 Å². The number of nitrogens with zero attached hydrogens (tertiary/aromatic N) is 1. The van der Waals surface area contributed by atoms with Crippen LogP contribution in [0.15, 0.2) is 9.98 Å². The summed E-state index contributed by atoms with van der Waals surface area (Å²) in [6.45, 7) is 1.80. The molecule has 0 saturated heterocycles. The topological polar surface area (TPSA) is 65.4 Å². The number of halogens is 1. The first-order valence-electron chi connectivity index (χ1n) is 4.26. The summed E-state index contributed by atoms with van der Waals surface area (Å²) >= 11 is 4.87. The van der Waals surface area contributed by atoms with Gasteiger partial charge in [-0.15, -0.1) is 11.3 Å². The number of hydrogen-bond acceptors (Lipinski definition) is 5. The van der Waals surface area contributed by atoms with Crippen molar-refractivity contribution < 1.29 is 10.2 Å². The number of aliphatic hydroxyl groups excluding tert-OH is 2. The first kappa shape index (κ1) is 12.1. The lowest BCUT2D eigenvalue weighted by molar-refractivity contribution is 0.163. The normalized spacial score (nSPS) is 13.5. The van der Waals surface area contributed by atoms with E-state index < -0.39 is 0 Å². The molecule has 0 spiro atoms. The molecular weight excluding hydrogens is 268 g/mol. The molecule has 0 bridgehead atoms. The number of aliphatic hydroxyl groups is 2. The molecule has 1 atom stereocenters. The van der Waals surface area contributed by atoms with Crippen LogP contribution in [0.25, 0.3) is 0 Å². The van der Waals surface area contributed by atoms with E-state index in [1.165, 1.54) is 11.3 Å². The van der Waals surface area contributed by atoms with Crippen LogP contribution >= 0.6 is 27.3 Å². The zero-order chi connectivity index (χ0) is 10.6. The third-order valence-electron chi connectivity index (χ3n) is 1.79. The minimum atomic E-state index is -0.285. The van der Waals surface area contributed by atoms with Gasteiger partial charge in [-0.2, -0.15) is 0 Å². The summed E-state index contributed by atoms with van der Waals surface area (Å²) in [4.78, 5) is 4.18. The van der Waals surface area contributed by atoms with Crippen molar-refractivity contribution in [2.45, 2.75) is 19.0 Å². The maximum Gasteiger partial charge on any atom is 0.110 e. The van der Waals surface area contributed by atoms with Crippen molar-refractivity contribution in [1.29, 1.82) is 0 Å². The zero-order valence-electron chi connectivity index (χ0n) is 7.77. The van der Waals surface area contributed by atoms with Gasteiger partial charge in [-0.3, -0.25) is 0 Å². The molecule has 0 aliphatic rings. The van der Waals surface area contributed by atoms with Crippen molar-refractivity contribution >= 4 is 27.3 Å². The molecule has 14 heavy (non-hydrogen) atoms. The Labute approximate surface area is 95.1 Å². The molecule has 0 aliphatic carbocycles. The van der Waals surface area contributed by atoms with Gasteiger partial charge >= 0.3 is 0 Å². The van der Waals surface area contributed by atoms with Crippen molar-refractivity contribution in [2.24, 2.45) is 0 Å². The number of aromatic nitrogens is 1. The van der Waals surface area contributed by atoms with Gasteiger partial charge in [0.1, 0.15) is 5.01 Å². The molecule has 1 rings (SSSR count). The zero-order valence-corrected chi connectivity index (χ0v) is 10.2. The second-order valence-electron chi connectivity index (χ2n) is 2.95. The molecule has 0 saturated carbocycles. The maximum atomic E-state index is 8.88. The summed E-state index contributed by atoms with van der Waals surface area (Å²) < 4.78 is 0.977. The second-order valence-corrected chi connectivity index (χ2v) is 5.39. The van der Waals surface area contributed by atoms with E-state index in [9.17, 15) is 0 Å². The second kappa shape index (κ2) is 5.77. The van der Waals surface area contributed by atoms with Crippen molar-refractivity contribution in [3.05, 3.63) is 15.0 Å². The summed E-state index contributed by atoms with van der Waals surface area (Å²) in [5, 5.41) is 21.8. The fourth-order valence-electron chi connectivity index (χ4n) is 1.06. The maximum absolute atomic E-state index is 8.88. The Balaban J connectivity index is 2.53. The first-order valence-corrected chi connectivity index (χ1v) is 5.87. The summed E-state index contributed by atoms with van der Waals surface area (Å²) in [5.74, 6) is 0. The van der Waals surface area contributed by atoms with Gasteiger partial charge in [0.05, 0.1) is 35.3 Å². The molecule has 6 heteroatoms. The van der Waals surface area contributed by atoms with Crippen LogP contribution in [0.1, 0.15) is 18.0 Å². The summed E-state index contributed by atoms with van der Waals surface area (Å²) in [7, 11) is 0.